The lowest BCUT2D eigenvalue weighted by molar-refractivity contribution is 0.622. The highest BCUT2D eigenvalue weighted by molar-refractivity contribution is 7.25. The molecule has 11 rings (SSSR count). The van der Waals surface area contributed by atoms with E-state index in [4.69, 9.17) is 13.8 Å². The van der Waals surface area contributed by atoms with E-state index >= 15 is 0 Å². The van der Waals surface area contributed by atoms with E-state index in [0.29, 0.717) is 5.89 Å². The number of oxazole rings is 1. The van der Waals surface area contributed by atoms with Crippen LogP contribution < -0.4 is 4.90 Å². The average molecular weight is 711 g/mol. The number of hydrogen-bond donors (Lipinski definition) is 0. The van der Waals surface area contributed by atoms with Crippen LogP contribution in [0.15, 0.2) is 191 Å². The third kappa shape index (κ3) is 5.09. The molecule has 4 nitrogen and oxygen atoms in total. The summed E-state index contributed by atoms with van der Waals surface area (Å²) in [7, 11) is 0. The fourth-order valence-electron chi connectivity index (χ4n) is 7.69. The van der Waals surface area contributed by atoms with E-state index < -0.39 is 0 Å². The van der Waals surface area contributed by atoms with E-state index in [-0.39, 0.29) is 0 Å². The number of thiophene rings is 1. The Morgan fingerprint density at radius 2 is 1.06 bits per heavy atom. The summed E-state index contributed by atoms with van der Waals surface area (Å²) >= 11 is 1.84. The molecule has 0 spiro atoms. The molecule has 0 bridgehead atoms. The lowest BCUT2D eigenvalue weighted by Gasteiger charge is -2.26. The Hall–Kier alpha value is -6.95. The molecule has 0 N–H and O–H groups in total. The van der Waals surface area contributed by atoms with E-state index in [2.05, 4.69) is 144 Å². The monoisotopic (exact) mass is 710 g/mol. The van der Waals surface area contributed by atoms with E-state index in [9.17, 15) is 0 Å². The molecule has 3 aromatic heterocycles. The fourth-order valence-corrected chi connectivity index (χ4v) is 8.83. The van der Waals surface area contributed by atoms with Crippen molar-refractivity contribution in [2.75, 3.05) is 4.90 Å². The Morgan fingerprint density at radius 1 is 0.407 bits per heavy atom. The third-order valence-electron chi connectivity index (χ3n) is 10.3. The van der Waals surface area contributed by atoms with Crippen molar-refractivity contribution >= 4 is 81.6 Å². The first kappa shape index (κ1) is 30.7. The molecule has 0 aliphatic rings. The molecule has 0 fully saturated rings. The van der Waals surface area contributed by atoms with Crippen molar-refractivity contribution in [1.29, 1.82) is 0 Å². The van der Waals surface area contributed by atoms with Gasteiger partial charge in [0.2, 0.25) is 5.89 Å². The second-order valence-electron chi connectivity index (χ2n) is 13.6. The van der Waals surface area contributed by atoms with Gasteiger partial charge in [0.25, 0.3) is 0 Å². The summed E-state index contributed by atoms with van der Waals surface area (Å²) in [5, 5.41) is 4.54. The van der Waals surface area contributed by atoms with Crippen LogP contribution in [0.25, 0.3) is 86.9 Å². The molecule has 0 amide bonds. The van der Waals surface area contributed by atoms with Crippen molar-refractivity contribution in [2.45, 2.75) is 0 Å². The molecular formula is C49H30N2O2S. The van der Waals surface area contributed by atoms with Crippen LogP contribution in [0.1, 0.15) is 0 Å². The van der Waals surface area contributed by atoms with Gasteiger partial charge < -0.3 is 13.7 Å². The maximum Gasteiger partial charge on any atom is 0.227 e. The molecule has 0 unspecified atom stereocenters. The van der Waals surface area contributed by atoms with Gasteiger partial charge in [-0.2, -0.15) is 0 Å². The second-order valence-corrected chi connectivity index (χ2v) is 14.6. The Morgan fingerprint density at radius 3 is 1.91 bits per heavy atom. The Bertz CT molecular complexity index is 3160. The van der Waals surface area contributed by atoms with Gasteiger partial charge in [0.1, 0.15) is 16.7 Å². The zero-order chi connectivity index (χ0) is 35.6. The first-order chi connectivity index (χ1) is 26.7. The van der Waals surface area contributed by atoms with Crippen LogP contribution in [0.2, 0.25) is 0 Å². The summed E-state index contributed by atoms with van der Waals surface area (Å²) in [4.78, 5) is 7.14. The first-order valence-electron chi connectivity index (χ1n) is 18.0. The summed E-state index contributed by atoms with van der Waals surface area (Å²) in [6.07, 6.45) is 0. The lowest BCUT2D eigenvalue weighted by Crippen LogP contribution is -2.09. The zero-order valence-electron chi connectivity index (χ0n) is 28.9. The highest BCUT2D eigenvalue weighted by atomic mass is 32.1. The van der Waals surface area contributed by atoms with Crippen LogP contribution in [0, 0.1) is 0 Å². The smallest absolute Gasteiger partial charge is 0.227 e. The Balaban J connectivity index is 0.993. The summed E-state index contributed by atoms with van der Waals surface area (Å²) < 4.78 is 15.4. The quantitative estimate of drug-likeness (QED) is 0.172. The predicted octanol–water partition coefficient (Wildman–Crippen LogP) is 14.6. The number of fused-ring (bicyclic) bond motifs is 8. The molecule has 0 aliphatic carbocycles. The highest BCUT2D eigenvalue weighted by Gasteiger charge is 2.19. The number of nitrogens with zero attached hydrogens (tertiary/aromatic N) is 2. The summed E-state index contributed by atoms with van der Waals surface area (Å²) in [5.41, 5.74) is 11.9. The van der Waals surface area contributed by atoms with Crippen molar-refractivity contribution < 1.29 is 8.83 Å². The second kappa shape index (κ2) is 12.3. The van der Waals surface area contributed by atoms with Crippen molar-refractivity contribution in [1.82, 2.24) is 4.98 Å². The number of furan rings is 1. The minimum Gasteiger partial charge on any atom is -0.456 e. The molecule has 8 aromatic carbocycles. The third-order valence-corrected chi connectivity index (χ3v) is 11.4. The largest absolute Gasteiger partial charge is 0.456 e. The van der Waals surface area contributed by atoms with Crippen LogP contribution >= 0.6 is 11.3 Å². The van der Waals surface area contributed by atoms with E-state index in [0.717, 1.165) is 66.8 Å². The number of anilines is 3. The molecule has 0 saturated carbocycles. The molecule has 11 aromatic rings. The highest BCUT2D eigenvalue weighted by Crippen LogP contribution is 2.43. The van der Waals surface area contributed by atoms with Crippen LogP contribution in [-0.4, -0.2) is 4.98 Å². The number of aromatic nitrogens is 1. The van der Waals surface area contributed by atoms with Crippen molar-refractivity contribution in [3.8, 4) is 33.7 Å². The summed E-state index contributed by atoms with van der Waals surface area (Å²) in [5.74, 6) is 0.605. The van der Waals surface area contributed by atoms with E-state index in [1.807, 2.05) is 53.8 Å². The topological polar surface area (TPSA) is 42.4 Å². The van der Waals surface area contributed by atoms with Crippen LogP contribution in [-0.2, 0) is 0 Å². The average Bonchev–Trinajstić information content (AvgIpc) is 3.95. The van der Waals surface area contributed by atoms with Gasteiger partial charge in [-0.3, -0.25) is 0 Å². The SMILES string of the molecule is c1ccc(-c2cccc(N(c3ccc(-c4ccc5c(c4)oc4ccc6nc(-c7ccccc7)oc6c45)cc3)c3ccc4c(c3)sc3ccccc34)c2)cc1. The normalized spacial score (nSPS) is 11.7. The number of hydrogen-bond acceptors (Lipinski definition) is 5. The Labute approximate surface area is 314 Å². The summed E-state index contributed by atoms with van der Waals surface area (Å²) in [6, 6.07) is 64.1. The van der Waals surface area contributed by atoms with Gasteiger partial charge in [0.05, 0.1) is 5.39 Å². The van der Waals surface area contributed by atoms with Crippen molar-refractivity contribution in [3.05, 3.63) is 182 Å². The van der Waals surface area contributed by atoms with Crippen LogP contribution in [0.3, 0.4) is 0 Å². The number of benzene rings is 8. The maximum atomic E-state index is 6.42. The maximum absolute atomic E-state index is 6.42. The Kier molecular flexibility index (Phi) is 7.00. The standard InChI is InChI=1S/C49H30N2O2S/c1-3-10-31(11-4-1)34-14-9-15-37(28-34)51(38-23-25-40-39-16-7-8-17-45(39)54-46(40)30-38)36-21-18-32(19-22-36)35-20-24-41-44(29-35)52-43-27-26-42-48(47(41)43)53-49(50-42)33-12-5-2-6-13-33/h1-30H. The van der Waals surface area contributed by atoms with E-state index in [1.54, 1.807) is 0 Å². The van der Waals surface area contributed by atoms with Gasteiger partial charge in [-0.15, -0.1) is 11.3 Å². The van der Waals surface area contributed by atoms with Crippen LogP contribution in [0.4, 0.5) is 17.1 Å². The molecule has 0 saturated heterocycles. The molecule has 5 heteroatoms. The molecule has 54 heavy (non-hydrogen) atoms. The number of rotatable bonds is 6. The van der Waals surface area contributed by atoms with Crippen LogP contribution in [0.5, 0.6) is 0 Å². The van der Waals surface area contributed by atoms with Crippen molar-refractivity contribution in [3.63, 3.8) is 0 Å². The summed E-state index contributed by atoms with van der Waals surface area (Å²) in [6.45, 7) is 0. The predicted molar refractivity (Wildman–Crippen MR) is 225 cm³/mol. The lowest BCUT2D eigenvalue weighted by atomic mass is 10.0. The zero-order valence-corrected chi connectivity index (χ0v) is 29.8. The minimum absolute atomic E-state index is 0.605. The van der Waals surface area contributed by atoms with Crippen molar-refractivity contribution in [2.24, 2.45) is 0 Å². The van der Waals surface area contributed by atoms with Gasteiger partial charge in [-0.05, 0) is 101 Å². The van der Waals surface area contributed by atoms with Gasteiger partial charge in [-0.1, -0.05) is 103 Å². The first-order valence-corrected chi connectivity index (χ1v) is 18.8. The molecule has 0 radical (unpaired) electrons. The minimum atomic E-state index is 0.605. The van der Waals surface area contributed by atoms with E-state index in [1.165, 1.54) is 31.3 Å². The molecule has 254 valence electrons. The molecular weight excluding hydrogens is 681 g/mol. The molecule has 0 aliphatic heterocycles. The molecule has 0 atom stereocenters. The van der Waals surface area contributed by atoms with Gasteiger partial charge in [-0.25, -0.2) is 4.98 Å². The molecule has 3 heterocycles. The van der Waals surface area contributed by atoms with Gasteiger partial charge >= 0.3 is 0 Å². The van der Waals surface area contributed by atoms with Gasteiger partial charge in [0, 0.05) is 48.2 Å². The van der Waals surface area contributed by atoms with Gasteiger partial charge in [0.15, 0.2) is 5.58 Å². The fraction of sp³-hybridized carbons (Fsp3) is 0.